The van der Waals surface area contributed by atoms with Gasteiger partial charge in [-0.1, -0.05) is 12.5 Å². The number of esters is 1. The number of hydrogen-bond donors (Lipinski definition) is 1. The van der Waals surface area contributed by atoms with Gasteiger partial charge in [0.05, 0.1) is 22.5 Å². The third-order valence-corrected chi connectivity index (χ3v) is 7.54. The van der Waals surface area contributed by atoms with Crippen LogP contribution in [0.3, 0.4) is 0 Å². The van der Waals surface area contributed by atoms with Crippen LogP contribution < -0.4 is 0 Å². The number of carboxylic acids is 1. The van der Waals surface area contributed by atoms with Crippen LogP contribution >= 0.6 is 0 Å². The van der Waals surface area contributed by atoms with Crippen molar-refractivity contribution in [2.75, 3.05) is 19.7 Å². The first-order chi connectivity index (χ1) is 12.2. The maximum Gasteiger partial charge on any atom is 0.338 e. The van der Waals surface area contributed by atoms with Crippen LogP contribution in [0, 0.1) is 18.3 Å². The molecule has 0 spiro atoms. The van der Waals surface area contributed by atoms with Crippen LogP contribution in [0.15, 0.2) is 23.1 Å². The summed E-state index contributed by atoms with van der Waals surface area (Å²) in [7, 11) is -3.89. The molecule has 1 aliphatic heterocycles. The van der Waals surface area contributed by atoms with E-state index in [0.29, 0.717) is 12.0 Å². The van der Waals surface area contributed by atoms with E-state index >= 15 is 0 Å². The standard InChI is InChI=1S/C18H23NO6S/c1-3-25-16(20)13-7-6-12(2)15(9-13)26(23,24)19-10-14-5-4-8-18(14,11-19)17(21)22/h6-7,9,14H,3-5,8,10-11H2,1-2H3,(H,21,22)/t14-,18+/m0/s1. The van der Waals surface area contributed by atoms with Crippen LogP contribution in [-0.2, 0) is 19.6 Å². The Kier molecular flexibility index (Phi) is 4.83. The minimum Gasteiger partial charge on any atom is -0.481 e. The van der Waals surface area contributed by atoms with Gasteiger partial charge in [-0.25, -0.2) is 13.2 Å². The summed E-state index contributed by atoms with van der Waals surface area (Å²) in [6.45, 7) is 3.73. The van der Waals surface area contributed by atoms with Crippen molar-refractivity contribution in [3.05, 3.63) is 29.3 Å². The summed E-state index contributed by atoms with van der Waals surface area (Å²) >= 11 is 0. The number of hydrogen-bond acceptors (Lipinski definition) is 5. The zero-order valence-corrected chi connectivity index (χ0v) is 15.7. The molecule has 7 nitrogen and oxygen atoms in total. The zero-order valence-electron chi connectivity index (χ0n) is 14.9. The van der Waals surface area contributed by atoms with Crippen molar-refractivity contribution < 1.29 is 27.9 Å². The lowest BCUT2D eigenvalue weighted by atomic mass is 9.81. The van der Waals surface area contributed by atoms with E-state index in [4.69, 9.17) is 4.74 Å². The van der Waals surface area contributed by atoms with E-state index in [-0.39, 0.29) is 36.1 Å². The molecule has 0 amide bonds. The highest BCUT2D eigenvalue weighted by molar-refractivity contribution is 7.89. The molecule has 142 valence electrons. The monoisotopic (exact) mass is 381 g/mol. The summed E-state index contributed by atoms with van der Waals surface area (Å²) in [5.74, 6) is -1.66. The fraction of sp³-hybridized carbons (Fsp3) is 0.556. The zero-order chi connectivity index (χ0) is 19.1. The fourth-order valence-electron chi connectivity index (χ4n) is 4.13. The highest BCUT2D eigenvalue weighted by atomic mass is 32.2. The largest absolute Gasteiger partial charge is 0.481 e. The number of nitrogens with zero attached hydrogens (tertiary/aromatic N) is 1. The van der Waals surface area contributed by atoms with Crippen LogP contribution in [0.4, 0.5) is 0 Å². The second-order valence-electron chi connectivity index (χ2n) is 7.05. The minimum absolute atomic E-state index is 0.0155. The number of carbonyl (C=O) groups excluding carboxylic acids is 1. The lowest BCUT2D eigenvalue weighted by Crippen LogP contribution is -2.37. The average molecular weight is 381 g/mol. The minimum atomic E-state index is -3.89. The van der Waals surface area contributed by atoms with Crippen LogP contribution in [0.5, 0.6) is 0 Å². The Bertz CT molecular complexity index is 849. The van der Waals surface area contributed by atoms with E-state index < -0.39 is 27.4 Å². The molecule has 1 saturated heterocycles. The van der Waals surface area contributed by atoms with Crippen molar-refractivity contribution in [2.45, 2.75) is 38.0 Å². The summed E-state index contributed by atoms with van der Waals surface area (Å²) in [4.78, 5) is 23.8. The lowest BCUT2D eigenvalue weighted by Gasteiger charge is -2.23. The highest BCUT2D eigenvalue weighted by Crippen LogP contribution is 2.50. The maximum atomic E-state index is 13.2. The molecule has 1 aromatic carbocycles. The molecular weight excluding hydrogens is 358 g/mol. The Morgan fingerprint density at radius 2 is 2.12 bits per heavy atom. The van der Waals surface area contributed by atoms with Crippen molar-refractivity contribution in [3.8, 4) is 0 Å². The van der Waals surface area contributed by atoms with E-state index in [0.717, 1.165) is 12.8 Å². The molecule has 2 atom stereocenters. The third-order valence-electron chi connectivity index (χ3n) is 5.58. The first-order valence-corrected chi connectivity index (χ1v) is 10.2. The molecule has 0 bridgehead atoms. The lowest BCUT2D eigenvalue weighted by molar-refractivity contribution is -0.149. The summed E-state index contributed by atoms with van der Waals surface area (Å²) in [5, 5.41) is 9.68. The molecule has 1 saturated carbocycles. The molecule has 0 aromatic heterocycles. The molecule has 2 fully saturated rings. The highest BCUT2D eigenvalue weighted by Gasteiger charge is 2.57. The first kappa shape index (κ1) is 18.8. The predicted octanol–water partition coefficient (Wildman–Crippen LogP) is 2.05. The van der Waals surface area contributed by atoms with Gasteiger partial charge in [-0.05, 0) is 50.3 Å². The molecule has 1 N–H and O–H groups in total. The Morgan fingerprint density at radius 1 is 1.38 bits per heavy atom. The van der Waals surface area contributed by atoms with E-state index in [9.17, 15) is 23.1 Å². The van der Waals surface area contributed by atoms with Gasteiger partial charge in [0, 0.05) is 13.1 Å². The van der Waals surface area contributed by atoms with E-state index in [1.54, 1.807) is 19.9 Å². The number of sulfonamides is 1. The number of aryl methyl sites for hydroxylation is 1. The Hall–Kier alpha value is -1.93. The predicted molar refractivity (Wildman–Crippen MR) is 93.3 cm³/mol. The van der Waals surface area contributed by atoms with Crippen molar-refractivity contribution >= 4 is 22.0 Å². The van der Waals surface area contributed by atoms with Gasteiger partial charge >= 0.3 is 11.9 Å². The number of carbonyl (C=O) groups is 2. The second-order valence-corrected chi connectivity index (χ2v) is 8.96. The third kappa shape index (κ3) is 2.91. The second kappa shape index (κ2) is 6.66. The molecule has 2 aliphatic rings. The molecule has 1 aliphatic carbocycles. The number of aliphatic carboxylic acids is 1. The molecule has 0 radical (unpaired) electrons. The van der Waals surface area contributed by atoms with Crippen LogP contribution in [0.2, 0.25) is 0 Å². The van der Waals surface area contributed by atoms with Crippen LogP contribution in [0.1, 0.15) is 42.1 Å². The van der Waals surface area contributed by atoms with Crippen LogP contribution in [-0.4, -0.2) is 49.5 Å². The van der Waals surface area contributed by atoms with Gasteiger partial charge < -0.3 is 9.84 Å². The molecule has 0 unspecified atom stereocenters. The molecule has 26 heavy (non-hydrogen) atoms. The number of fused-ring (bicyclic) bond motifs is 1. The quantitative estimate of drug-likeness (QED) is 0.784. The Morgan fingerprint density at radius 3 is 2.73 bits per heavy atom. The van der Waals surface area contributed by atoms with Gasteiger partial charge in [-0.2, -0.15) is 4.31 Å². The van der Waals surface area contributed by atoms with Gasteiger partial charge in [-0.15, -0.1) is 0 Å². The van der Waals surface area contributed by atoms with E-state index in [1.807, 2.05) is 0 Å². The smallest absolute Gasteiger partial charge is 0.338 e. The van der Waals surface area contributed by atoms with Crippen molar-refractivity contribution in [3.63, 3.8) is 0 Å². The van der Waals surface area contributed by atoms with Gasteiger partial charge in [0.2, 0.25) is 10.0 Å². The summed E-state index contributed by atoms with van der Waals surface area (Å²) < 4.78 is 32.5. The number of ether oxygens (including phenoxy) is 1. The van der Waals surface area contributed by atoms with Gasteiger partial charge in [-0.3, -0.25) is 4.79 Å². The summed E-state index contributed by atoms with van der Waals surface area (Å²) in [6, 6.07) is 4.43. The maximum absolute atomic E-state index is 13.2. The van der Waals surface area contributed by atoms with Crippen molar-refractivity contribution in [2.24, 2.45) is 11.3 Å². The number of benzene rings is 1. The average Bonchev–Trinajstić information content (AvgIpc) is 3.13. The number of rotatable bonds is 5. The van der Waals surface area contributed by atoms with Crippen molar-refractivity contribution in [1.82, 2.24) is 4.31 Å². The SMILES string of the molecule is CCOC(=O)c1ccc(C)c(S(=O)(=O)N2C[C@@H]3CCC[C@@]3(C(=O)O)C2)c1. The molecule has 3 rings (SSSR count). The normalized spacial score (nSPS) is 25.8. The number of carboxylic acid groups (broad SMARTS) is 1. The summed E-state index contributed by atoms with van der Waals surface area (Å²) in [6.07, 6.45) is 2.03. The fourth-order valence-corrected chi connectivity index (χ4v) is 5.94. The summed E-state index contributed by atoms with van der Waals surface area (Å²) in [5.41, 5.74) is -0.303. The van der Waals surface area contributed by atoms with Gasteiger partial charge in [0.25, 0.3) is 0 Å². The van der Waals surface area contributed by atoms with E-state index in [1.165, 1.54) is 16.4 Å². The Balaban J connectivity index is 1.95. The van der Waals surface area contributed by atoms with Crippen LogP contribution in [0.25, 0.3) is 0 Å². The molecule has 1 heterocycles. The molecule has 1 aromatic rings. The van der Waals surface area contributed by atoms with Gasteiger partial charge in [0.15, 0.2) is 0 Å². The first-order valence-electron chi connectivity index (χ1n) is 8.73. The molecular formula is C18H23NO6S. The van der Waals surface area contributed by atoms with Crippen molar-refractivity contribution in [1.29, 1.82) is 0 Å². The van der Waals surface area contributed by atoms with E-state index in [2.05, 4.69) is 0 Å². The topological polar surface area (TPSA) is 101 Å². The Labute approximate surface area is 153 Å². The molecule has 8 heteroatoms. The van der Waals surface area contributed by atoms with Gasteiger partial charge in [0.1, 0.15) is 0 Å².